The highest BCUT2D eigenvalue weighted by molar-refractivity contribution is 5.17. The second kappa shape index (κ2) is 5.59. The molecule has 2 rings (SSSR count). The zero-order valence-corrected chi connectivity index (χ0v) is 9.86. The van der Waals surface area contributed by atoms with Crippen LogP contribution in [0.25, 0.3) is 0 Å². The van der Waals surface area contributed by atoms with E-state index in [1.165, 1.54) is 6.07 Å². The number of aromatic nitrogens is 2. The molecular formula is C13H16FN3. The van der Waals surface area contributed by atoms with Gasteiger partial charge >= 0.3 is 0 Å². The normalized spacial score (nSPS) is 10.7. The molecule has 1 aromatic carbocycles. The van der Waals surface area contributed by atoms with E-state index >= 15 is 0 Å². The van der Waals surface area contributed by atoms with Gasteiger partial charge in [-0.2, -0.15) is 5.10 Å². The summed E-state index contributed by atoms with van der Waals surface area (Å²) in [6.45, 7) is 4.15. The van der Waals surface area contributed by atoms with Gasteiger partial charge in [0.25, 0.3) is 0 Å². The van der Waals surface area contributed by atoms with E-state index in [-0.39, 0.29) is 5.82 Å². The molecule has 17 heavy (non-hydrogen) atoms. The van der Waals surface area contributed by atoms with Crippen LogP contribution in [-0.2, 0) is 19.6 Å². The van der Waals surface area contributed by atoms with Crippen molar-refractivity contribution in [1.29, 1.82) is 0 Å². The Labute approximate surface area is 100 Å². The Morgan fingerprint density at radius 2 is 2.12 bits per heavy atom. The van der Waals surface area contributed by atoms with Gasteiger partial charge in [0.1, 0.15) is 5.82 Å². The molecule has 0 saturated heterocycles. The van der Waals surface area contributed by atoms with Gasteiger partial charge in [0.15, 0.2) is 0 Å². The maximum atomic E-state index is 13.3. The smallest absolute Gasteiger partial charge is 0.127 e. The molecule has 0 aliphatic carbocycles. The fraction of sp³-hybridized carbons (Fsp3) is 0.308. The van der Waals surface area contributed by atoms with E-state index < -0.39 is 0 Å². The van der Waals surface area contributed by atoms with Crippen LogP contribution in [-0.4, -0.2) is 9.78 Å². The predicted molar refractivity (Wildman–Crippen MR) is 64.8 cm³/mol. The number of halogens is 1. The highest BCUT2D eigenvalue weighted by Gasteiger charge is 2.01. The Balaban J connectivity index is 1.85. The van der Waals surface area contributed by atoms with E-state index in [4.69, 9.17) is 0 Å². The first-order valence-electron chi connectivity index (χ1n) is 5.75. The first-order chi connectivity index (χ1) is 8.29. The molecule has 0 amide bonds. The van der Waals surface area contributed by atoms with Crippen LogP contribution in [0.2, 0.25) is 0 Å². The fourth-order valence-electron chi connectivity index (χ4n) is 1.65. The molecule has 2 aromatic rings. The fourth-order valence-corrected chi connectivity index (χ4v) is 1.65. The molecule has 0 atom stereocenters. The van der Waals surface area contributed by atoms with E-state index in [2.05, 4.69) is 10.4 Å². The van der Waals surface area contributed by atoms with Gasteiger partial charge in [0.2, 0.25) is 0 Å². The Morgan fingerprint density at radius 1 is 1.29 bits per heavy atom. The van der Waals surface area contributed by atoms with E-state index in [0.29, 0.717) is 18.7 Å². The standard InChI is InChI=1S/C13H16FN3/c1-2-17-10-11(8-16-17)7-15-9-12-5-3-4-6-13(12)14/h3-6,8,10,15H,2,7,9H2,1H3. The monoisotopic (exact) mass is 233 g/mol. The lowest BCUT2D eigenvalue weighted by Crippen LogP contribution is -2.13. The summed E-state index contributed by atoms with van der Waals surface area (Å²) in [6, 6.07) is 6.81. The number of nitrogens with zero attached hydrogens (tertiary/aromatic N) is 2. The average Bonchev–Trinajstić information content (AvgIpc) is 2.80. The van der Waals surface area contributed by atoms with Gasteiger partial charge in [-0.3, -0.25) is 4.68 Å². The van der Waals surface area contributed by atoms with Crippen molar-refractivity contribution >= 4 is 0 Å². The summed E-state index contributed by atoms with van der Waals surface area (Å²) in [6.07, 6.45) is 3.83. The minimum atomic E-state index is -0.163. The summed E-state index contributed by atoms with van der Waals surface area (Å²) in [5, 5.41) is 7.38. The summed E-state index contributed by atoms with van der Waals surface area (Å²) < 4.78 is 15.2. The number of aryl methyl sites for hydroxylation is 1. The lowest BCUT2D eigenvalue weighted by atomic mass is 10.2. The van der Waals surface area contributed by atoms with Crippen LogP contribution in [0.3, 0.4) is 0 Å². The van der Waals surface area contributed by atoms with Crippen molar-refractivity contribution in [3.05, 3.63) is 53.6 Å². The molecule has 3 nitrogen and oxygen atoms in total. The Kier molecular flexibility index (Phi) is 3.88. The zero-order valence-electron chi connectivity index (χ0n) is 9.86. The Morgan fingerprint density at radius 3 is 2.82 bits per heavy atom. The first-order valence-corrected chi connectivity index (χ1v) is 5.75. The molecule has 1 N–H and O–H groups in total. The molecule has 1 aromatic heterocycles. The van der Waals surface area contributed by atoms with Crippen LogP contribution in [0, 0.1) is 5.82 Å². The number of hydrogen-bond donors (Lipinski definition) is 1. The van der Waals surface area contributed by atoms with E-state index in [1.54, 1.807) is 12.1 Å². The molecule has 1 heterocycles. The van der Waals surface area contributed by atoms with Gasteiger partial charge < -0.3 is 5.32 Å². The van der Waals surface area contributed by atoms with Gasteiger partial charge in [-0.1, -0.05) is 18.2 Å². The van der Waals surface area contributed by atoms with Gasteiger partial charge in [-0.25, -0.2) is 4.39 Å². The van der Waals surface area contributed by atoms with Gasteiger partial charge in [0, 0.05) is 37.0 Å². The molecular weight excluding hydrogens is 217 g/mol. The zero-order chi connectivity index (χ0) is 12.1. The molecule has 4 heteroatoms. The second-order valence-electron chi connectivity index (χ2n) is 3.90. The third-order valence-electron chi connectivity index (χ3n) is 2.61. The van der Waals surface area contributed by atoms with Crippen LogP contribution in [0.15, 0.2) is 36.7 Å². The van der Waals surface area contributed by atoms with Gasteiger partial charge in [-0.15, -0.1) is 0 Å². The summed E-state index contributed by atoms with van der Waals surface area (Å²) in [4.78, 5) is 0. The van der Waals surface area contributed by atoms with Gasteiger partial charge in [-0.05, 0) is 13.0 Å². The van der Waals surface area contributed by atoms with Crippen molar-refractivity contribution < 1.29 is 4.39 Å². The maximum Gasteiger partial charge on any atom is 0.127 e. The molecule has 0 aliphatic rings. The van der Waals surface area contributed by atoms with Crippen molar-refractivity contribution in [3.63, 3.8) is 0 Å². The van der Waals surface area contributed by atoms with Crippen molar-refractivity contribution in [2.24, 2.45) is 0 Å². The molecule has 0 fully saturated rings. The minimum Gasteiger partial charge on any atom is -0.308 e. The van der Waals surface area contributed by atoms with Crippen LogP contribution >= 0.6 is 0 Å². The molecule has 0 spiro atoms. The third-order valence-corrected chi connectivity index (χ3v) is 2.61. The highest BCUT2D eigenvalue weighted by atomic mass is 19.1. The maximum absolute atomic E-state index is 13.3. The van der Waals surface area contributed by atoms with Crippen molar-refractivity contribution in [2.45, 2.75) is 26.6 Å². The Bertz CT molecular complexity index is 479. The van der Waals surface area contributed by atoms with E-state index in [0.717, 1.165) is 12.1 Å². The highest BCUT2D eigenvalue weighted by Crippen LogP contribution is 2.06. The molecule has 0 bridgehead atoms. The number of benzene rings is 1. The molecule has 0 saturated carbocycles. The van der Waals surface area contributed by atoms with Crippen LogP contribution in [0.4, 0.5) is 4.39 Å². The molecule has 0 radical (unpaired) electrons. The number of rotatable bonds is 5. The van der Waals surface area contributed by atoms with Gasteiger partial charge in [0.05, 0.1) is 6.20 Å². The first kappa shape index (κ1) is 11.8. The molecule has 0 unspecified atom stereocenters. The lowest BCUT2D eigenvalue weighted by molar-refractivity contribution is 0.587. The van der Waals surface area contributed by atoms with E-state index in [9.17, 15) is 4.39 Å². The summed E-state index contributed by atoms with van der Waals surface area (Å²) in [5.41, 5.74) is 1.80. The third kappa shape index (κ3) is 3.14. The van der Waals surface area contributed by atoms with Crippen LogP contribution in [0.5, 0.6) is 0 Å². The molecule has 0 aliphatic heterocycles. The summed E-state index contributed by atoms with van der Waals surface area (Å²) in [7, 11) is 0. The largest absolute Gasteiger partial charge is 0.308 e. The lowest BCUT2D eigenvalue weighted by Gasteiger charge is -2.04. The van der Waals surface area contributed by atoms with Crippen molar-refractivity contribution in [3.8, 4) is 0 Å². The second-order valence-corrected chi connectivity index (χ2v) is 3.90. The molecule has 90 valence electrons. The Hall–Kier alpha value is -1.68. The van der Waals surface area contributed by atoms with Crippen LogP contribution in [0.1, 0.15) is 18.1 Å². The topological polar surface area (TPSA) is 29.9 Å². The SMILES string of the molecule is CCn1cc(CNCc2ccccc2F)cn1. The summed E-state index contributed by atoms with van der Waals surface area (Å²) >= 11 is 0. The van der Waals surface area contributed by atoms with Crippen molar-refractivity contribution in [2.75, 3.05) is 0 Å². The minimum absolute atomic E-state index is 0.163. The van der Waals surface area contributed by atoms with E-state index in [1.807, 2.05) is 30.1 Å². The van der Waals surface area contributed by atoms with Crippen LogP contribution < -0.4 is 5.32 Å². The predicted octanol–water partition coefficient (Wildman–Crippen LogP) is 2.33. The number of nitrogens with one attached hydrogen (secondary N) is 1. The average molecular weight is 233 g/mol. The number of hydrogen-bond acceptors (Lipinski definition) is 2. The van der Waals surface area contributed by atoms with Crippen molar-refractivity contribution in [1.82, 2.24) is 15.1 Å². The summed E-state index contributed by atoms with van der Waals surface area (Å²) in [5.74, 6) is -0.163. The quantitative estimate of drug-likeness (QED) is 0.859.